The van der Waals surface area contributed by atoms with E-state index in [0.29, 0.717) is 5.39 Å². The fourth-order valence-electron chi connectivity index (χ4n) is 1.09. The summed E-state index contributed by atoms with van der Waals surface area (Å²) in [6, 6.07) is 6.46. The highest BCUT2D eigenvalue weighted by atomic mass is 79.9. The SMILES string of the molecule is O=c1oc2ccccc2c(F)c1Br. The Morgan fingerprint density at radius 2 is 2.00 bits per heavy atom. The molecule has 1 heterocycles. The second-order valence-electron chi connectivity index (χ2n) is 2.51. The van der Waals surface area contributed by atoms with Crippen molar-refractivity contribution < 1.29 is 8.81 Å². The minimum atomic E-state index is -0.698. The van der Waals surface area contributed by atoms with Crippen LogP contribution in [0.25, 0.3) is 11.0 Å². The Hall–Kier alpha value is -1.16. The predicted molar refractivity (Wildman–Crippen MR) is 50.1 cm³/mol. The van der Waals surface area contributed by atoms with Gasteiger partial charge in [-0.3, -0.25) is 0 Å². The van der Waals surface area contributed by atoms with Gasteiger partial charge in [0.15, 0.2) is 5.82 Å². The van der Waals surface area contributed by atoms with Gasteiger partial charge in [-0.1, -0.05) is 12.1 Å². The van der Waals surface area contributed by atoms with Crippen LogP contribution in [0.4, 0.5) is 4.39 Å². The Kier molecular flexibility index (Phi) is 1.92. The van der Waals surface area contributed by atoms with Crippen LogP contribution in [0.5, 0.6) is 0 Å². The molecule has 0 saturated carbocycles. The van der Waals surface area contributed by atoms with Gasteiger partial charge in [0.1, 0.15) is 10.1 Å². The monoisotopic (exact) mass is 242 g/mol. The van der Waals surface area contributed by atoms with Gasteiger partial charge in [-0.2, -0.15) is 0 Å². The van der Waals surface area contributed by atoms with E-state index in [9.17, 15) is 9.18 Å². The normalized spacial score (nSPS) is 10.6. The van der Waals surface area contributed by atoms with Crippen molar-refractivity contribution in [1.82, 2.24) is 0 Å². The summed E-state index contributed by atoms with van der Waals surface area (Å²) >= 11 is 2.82. The fraction of sp³-hybridized carbons (Fsp3) is 0. The van der Waals surface area contributed by atoms with Crippen LogP contribution in [-0.4, -0.2) is 0 Å². The molecule has 0 spiro atoms. The molecule has 4 heteroatoms. The molecule has 0 aliphatic rings. The maximum absolute atomic E-state index is 13.4. The number of benzene rings is 1. The summed E-state index contributed by atoms with van der Waals surface area (Å²) in [4.78, 5) is 11.0. The van der Waals surface area contributed by atoms with Crippen LogP contribution in [-0.2, 0) is 0 Å². The van der Waals surface area contributed by atoms with Crippen molar-refractivity contribution in [1.29, 1.82) is 0 Å². The molecule has 1 aromatic heterocycles. The molecule has 1 aromatic carbocycles. The van der Waals surface area contributed by atoms with Gasteiger partial charge in [0.25, 0.3) is 0 Å². The summed E-state index contributed by atoms with van der Waals surface area (Å²) in [7, 11) is 0. The third-order valence-electron chi connectivity index (χ3n) is 1.70. The molecule has 0 radical (unpaired) electrons. The molecule has 0 amide bonds. The van der Waals surface area contributed by atoms with E-state index in [4.69, 9.17) is 4.42 Å². The first kappa shape index (κ1) is 8.44. The van der Waals surface area contributed by atoms with Crippen molar-refractivity contribution in [3.05, 3.63) is 45.0 Å². The average molecular weight is 243 g/mol. The van der Waals surface area contributed by atoms with E-state index in [2.05, 4.69) is 15.9 Å². The Bertz CT molecular complexity index is 518. The van der Waals surface area contributed by atoms with E-state index in [1.165, 1.54) is 0 Å². The molecular formula is C9H4BrFO2. The molecule has 0 unspecified atom stereocenters. The molecule has 0 bridgehead atoms. The molecular weight excluding hydrogens is 239 g/mol. The van der Waals surface area contributed by atoms with E-state index in [0.717, 1.165) is 0 Å². The first-order valence-corrected chi connectivity index (χ1v) is 4.36. The molecule has 0 aliphatic heterocycles. The third kappa shape index (κ3) is 1.27. The van der Waals surface area contributed by atoms with E-state index in [1.807, 2.05) is 0 Å². The summed E-state index contributed by atoms with van der Waals surface area (Å²) in [6.07, 6.45) is 0. The molecule has 66 valence electrons. The topological polar surface area (TPSA) is 30.2 Å². The highest BCUT2D eigenvalue weighted by Gasteiger charge is 2.10. The summed E-state index contributed by atoms with van der Waals surface area (Å²) in [5.41, 5.74) is -0.440. The third-order valence-corrected chi connectivity index (χ3v) is 2.37. The van der Waals surface area contributed by atoms with Crippen molar-refractivity contribution in [2.24, 2.45) is 0 Å². The molecule has 0 atom stereocenters. The lowest BCUT2D eigenvalue weighted by Crippen LogP contribution is -2.02. The second kappa shape index (κ2) is 2.96. The first-order chi connectivity index (χ1) is 6.20. The van der Waals surface area contributed by atoms with E-state index >= 15 is 0 Å². The highest BCUT2D eigenvalue weighted by molar-refractivity contribution is 9.10. The molecule has 0 aliphatic carbocycles. The summed E-state index contributed by atoms with van der Waals surface area (Å²) in [5, 5.41) is 0.300. The zero-order chi connectivity index (χ0) is 9.42. The van der Waals surface area contributed by atoms with Gasteiger partial charge in [-0.05, 0) is 28.1 Å². The van der Waals surface area contributed by atoms with Crippen molar-refractivity contribution >= 4 is 26.9 Å². The lowest BCUT2D eigenvalue weighted by atomic mass is 10.2. The number of fused-ring (bicyclic) bond motifs is 1. The van der Waals surface area contributed by atoms with Gasteiger partial charge in [0.05, 0.1) is 5.39 Å². The first-order valence-electron chi connectivity index (χ1n) is 3.57. The summed E-state index contributed by atoms with van der Waals surface area (Å²) in [5.74, 6) is -0.577. The second-order valence-corrected chi connectivity index (χ2v) is 3.31. The summed E-state index contributed by atoms with van der Waals surface area (Å²) in [6.45, 7) is 0. The Morgan fingerprint density at radius 1 is 1.31 bits per heavy atom. The maximum atomic E-state index is 13.4. The largest absolute Gasteiger partial charge is 0.422 e. The van der Waals surface area contributed by atoms with Gasteiger partial charge in [-0.25, -0.2) is 9.18 Å². The van der Waals surface area contributed by atoms with Crippen LogP contribution in [0.2, 0.25) is 0 Å². The standard InChI is InChI=1S/C9H4BrFO2/c10-7-8(11)5-3-1-2-4-6(5)13-9(7)12/h1-4H. The Morgan fingerprint density at radius 3 is 2.77 bits per heavy atom. The Labute approximate surface area is 81.1 Å². The van der Waals surface area contributed by atoms with E-state index < -0.39 is 11.4 Å². The van der Waals surface area contributed by atoms with Crippen molar-refractivity contribution in [2.75, 3.05) is 0 Å². The van der Waals surface area contributed by atoms with Gasteiger partial charge in [0, 0.05) is 0 Å². The van der Waals surface area contributed by atoms with Crippen LogP contribution in [0.1, 0.15) is 0 Å². The van der Waals surface area contributed by atoms with Gasteiger partial charge < -0.3 is 4.42 Å². The van der Waals surface area contributed by atoms with Crippen molar-refractivity contribution in [2.45, 2.75) is 0 Å². The van der Waals surface area contributed by atoms with E-state index in [1.54, 1.807) is 24.3 Å². The minimum Gasteiger partial charge on any atom is -0.422 e. The van der Waals surface area contributed by atoms with E-state index in [-0.39, 0.29) is 10.1 Å². The molecule has 2 rings (SSSR count). The Balaban J connectivity index is 3.02. The number of rotatable bonds is 0. The maximum Gasteiger partial charge on any atom is 0.353 e. The number of halogens is 2. The van der Waals surface area contributed by atoms with Crippen LogP contribution < -0.4 is 5.63 Å². The lowest BCUT2D eigenvalue weighted by molar-refractivity contribution is 0.531. The number of hydrogen-bond acceptors (Lipinski definition) is 2. The van der Waals surface area contributed by atoms with Crippen LogP contribution in [0.3, 0.4) is 0 Å². The highest BCUT2D eigenvalue weighted by Crippen LogP contribution is 2.20. The fourth-order valence-corrected chi connectivity index (χ4v) is 1.38. The zero-order valence-electron chi connectivity index (χ0n) is 6.38. The predicted octanol–water partition coefficient (Wildman–Crippen LogP) is 2.69. The molecule has 0 fully saturated rings. The van der Waals surface area contributed by atoms with Crippen molar-refractivity contribution in [3.8, 4) is 0 Å². The smallest absolute Gasteiger partial charge is 0.353 e. The number of para-hydroxylation sites is 1. The zero-order valence-corrected chi connectivity index (χ0v) is 7.97. The van der Waals surface area contributed by atoms with Gasteiger partial charge >= 0.3 is 5.63 Å². The van der Waals surface area contributed by atoms with Crippen LogP contribution in [0, 0.1) is 5.82 Å². The van der Waals surface area contributed by atoms with Crippen LogP contribution >= 0.6 is 15.9 Å². The summed E-state index contributed by atoms with van der Waals surface area (Å²) < 4.78 is 18.0. The molecule has 0 saturated heterocycles. The molecule has 2 nitrogen and oxygen atoms in total. The van der Waals surface area contributed by atoms with Gasteiger partial charge in [-0.15, -0.1) is 0 Å². The lowest BCUT2D eigenvalue weighted by Gasteiger charge is -1.97. The van der Waals surface area contributed by atoms with Crippen molar-refractivity contribution in [3.63, 3.8) is 0 Å². The minimum absolute atomic E-state index is 0.161. The molecule has 0 N–H and O–H groups in total. The van der Waals surface area contributed by atoms with Gasteiger partial charge in [0.2, 0.25) is 0 Å². The van der Waals surface area contributed by atoms with Crippen LogP contribution in [0.15, 0.2) is 37.9 Å². The molecule has 13 heavy (non-hydrogen) atoms. The quantitative estimate of drug-likeness (QED) is 0.666. The number of hydrogen-bond donors (Lipinski definition) is 0. The molecule has 2 aromatic rings. The average Bonchev–Trinajstić information content (AvgIpc) is 2.15.